The Morgan fingerprint density at radius 1 is 1.62 bits per heavy atom. The number of hydrogen-bond donors (Lipinski definition) is 1. The predicted molar refractivity (Wildman–Crippen MR) is 61.5 cm³/mol. The molecule has 82 valence electrons. The summed E-state index contributed by atoms with van der Waals surface area (Å²) in [6.45, 7) is 1.71. The van der Waals surface area contributed by atoms with Crippen LogP contribution in [0.15, 0.2) is 18.2 Å². The zero-order chi connectivity index (χ0) is 12.1. The summed E-state index contributed by atoms with van der Waals surface area (Å²) in [4.78, 5) is 10.2. The van der Waals surface area contributed by atoms with Crippen LogP contribution in [-0.2, 0) is 0 Å². The third-order valence-corrected chi connectivity index (χ3v) is 2.12. The first kappa shape index (κ1) is 11.7. The van der Waals surface area contributed by atoms with Gasteiger partial charge in [-0.05, 0) is 12.5 Å². The van der Waals surface area contributed by atoms with E-state index in [0.29, 0.717) is 16.8 Å². The van der Waals surface area contributed by atoms with Crippen LogP contribution in [0.3, 0.4) is 0 Å². The molecule has 1 aromatic carbocycles. The molecular formula is C11H11N3O2. The van der Waals surface area contributed by atoms with E-state index in [1.165, 1.54) is 12.1 Å². The quantitative estimate of drug-likeness (QED) is 0.478. The Hall–Kier alpha value is -2.35. The molecule has 5 heteroatoms. The zero-order valence-electron chi connectivity index (χ0n) is 8.80. The maximum Gasteiger partial charge on any atom is 0.270 e. The number of nitriles is 1. The van der Waals surface area contributed by atoms with Crippen molar-refractivity contribution in [1.82, 2.24) is 0 Å². The van der Waals surface area contributed by atoms with Crippen LogP contribution in [0.2, 0.25) is 0 Å². The second kappa shape index (κ2) is 4.94. The van der Waals surface area contributed by atoms with Crippen LogP contribution in [0.25, 0.3) is 6.08 Å². The number of anilines is 1. The van der Waals surface area contributed by atoms with Gasteiger partial charge in [-0.25, -0.2) is 0 Å². The largest absolute Gasteiger partial charge is 0.398 e. The SMILES string of the molecule is Cc1cc([N+](=O)[O-])cc(C=CCC#N)c1N. The molecule has 0 saturated heterocycles. The first-order valence-corrected chi connectivity index (χ1v) is 4.64. The Morgan fingerprint density at radius 3 is 2.88 bits per heavy atom. The molecule has 0 atom stereocenters. The van der Waals surface area contributed by atoms with Crippen molar-refractivity contribution in [1.29, 1.82) is 5.26 Å². The van der Waals surface area contributed by atoms with Crippen molar-refractivity contribution in [2.75, 3.05) is 5.73 Å². The summed E-state index contributed by atoms with van der Waals surface area (Å²) in [6.07, 6.45) is 3.49. The highest BCUT2D eigenvalue weighted by molar-refractivity contribution is 5.70. The van der Waals surface area contributed by atoms with Crippen LogP contribution in [0, 0.1) is 28.4 Å². The molecule has 0 aliphatic heterocycles. The molecule has 5 nitrogen and oxygen atoms in total. The molecule has 1 rings (SSSR count). The van der Waals surface area contributed by atoms with E-state index in [2.05, 4.69) is 0 Å². The topological polar surface area (TPSA) is 93.0 Å². The van der Waals surface area contributed by atoms with Gasteiger partial charge < -0.3 is 5.73 Å². The number of nitro groups is 1. The predicted octanol–water partition coefficient (Wildman–Crippen LogP) is 2.41. The molecule has 0 heterocycles. The van der Waals surface area contributed by atoms with E-state index in [1.54, 1.807) is 19.1 Å². The lowest BCUT2D eigenvalue weighted by Crippen LogP contribution is -1.96. The van der Waals surface area contributed by atoms with E-state index in [0.717, 1.165) is 0 Å². The second-order valence-corrected chi connectivity index (χ2v) is 3.29. The van der Waals surface area contributed by atoms with Crippen molar-refractivity contribution in [3.8, 4) is 6.07 Å². The summed E-state index contributed by atoms with van der Waals surface area (Å²) in [5.74, 6) is 0. The van der Waals surface area contributed by atoms with Crippen LogP contribution in [-0.4, -0.2) is 4.92 Å². The minimum atomic E-state index is -0.464. The molecule has 1 aromatic rings. The lowest BCUT2D eigenvalue weighted by atomic mass is 10.1. The zero-order valence-corrected chi connectivity index (χ0v) is 8.80. The van der Waals surface area contributed by atoms with Gasteiger partial charge in [0.05, 0.1) is 17.4 Å². The van der Waals surface area contributed by atoms with E-state index >= 15 is 0 Å². The summed E-state index contributed by atoms with van der Waals surface area (Å²) in [6, 6.07) is 4.77. The van der Waals surface area contributed by atoms with Gasteiger partial charge in [0.25, 0.3) is 5.69 Å². The van der Waals surface area contributed by atoms with Crippen molar-refractivity contribution < 1.29 is 4.92 Å². The first-order chi connectivity index (χ1) is 7.56. The van der Waals surface area contributed by atoms with Gasteiger partial charge in [0, 0.05) is 23.4 Å². The Labute approximate surface area is 93.0 Å². The molecule has 0 bridgehead atoms. The Bertz CT molecular complexity index is 487. The number of nitrogens with zero attached hydrogens (tertiary/aromatic N) is 2. The number of nitro benzene ring substituents is 1. The maximum absolute atomic E-state index is 10.6. The van der Waals surface area contributed by atoms with Gasteiger partial charge in [0.2, 0.25) is 0 Å². The average Bonchev–Trinajstić information content (AvgIpc) is 2.24. The summed E-state index contributed by atoms with van der Waals surface area (Å²) >= 11 is 0. The van der Waals surface area contributed by atoms with E-state index in [4.69, 9.17) is 11.0 Å². The summed E-state index contributed by atoms with van der Waals surface area (Å²) in [5, 5.41) is 19.0. The van der Waals surface area contributed by atoms with Gasteiger partial charge in [-0.15, -0.1) is 0 Å². The minimum Gasteiger partial charge on any atom is -0.398 e. The fourth-order valence-electron chi connectivity index (χ4n) is 1.29. The van der Waals surface area contributed by atoms with Gasteiger partial charge in [-0.2, -0.15) is 5.26 Å². The number of hydrogen-bond acceptors (Lipinski definition) is 4. The van der Waals surface area contributed by atoms with Crippen LogP contribution in [0.1, 0.15) is 17.5 Å². The minimum absolute atomic E-state index is 0.00306. The average molecular weight is 217 g/mol. The highest BCUT2D eigenvalue weighted by Crippen LogP contribution is 2.25. The molecule has 0 aliphatic carbocycles. The molecular weight excluding hydrogens is 206 g/mol. The van der Waals surface area contributed by atoms with E-state index in [1.807, 2.05) is 6.07 Å². The molecule has 2 N–H and O–H groups in total. The number of rotatable bonds is 3. The maximum atomic E-state index is 10.6. The number of allylic oxidation sites excluding steroid dienone is 1. The number of aryl methyl sites for hydroxylation is 1. The van der Waals surface area contributed by atoms with Crippen LogP contribution < -0.4 is 5.73 Å². The van der Waals surface area contributed by atoms with Crippen molar-refractivity contribution in [2.45, 2.75) is 13.3 Å². The van der Waals surface area contributed by atoms with Crippen molar-refractivity contribution >= 4 is 17.5 Å². The molecule has 16 heavy (non-hydrogen) atoms. The monoisotopic (exact) mass is 217 g/mol. The number of non-ortho nitro benzene ring substituents is 1. The highest BCUT2D eigenvalue weighted by Gasteiger charge is 2.10. The normalized spacial score (nSPS) is 10.2. The van der Waals surface area contributed by atoms with Gasteiger partial charge in [0.15, 0.2) is 0 Å². The lowest BCUT2D eigenvalue weighted by molar-refractivity contribution is -0.384. The van der Waals surface area contributed by atoms with Crippen molar-refractivity contribution in [3.63, 3.8) is 0 Å². The Balaban J connectivity index is 3.17. The highest BCUT2D eigenvalue weighted by atomic mass is 16.6. The number of nitrogens with two attached hydrogens (primary N) is 1. The molecule has 0 saturated carbocycles. The molecule has 0 unspecified atom stereocenters. The van der Waals surface area contributed by atoms with Crippen LogP contribution in [0.4, 0.5) is 11.4 Å². The molecule has 0 fully saturated rings. The summed E-state index contributed by atoms with van der Waals surface area (Å²) < 4.78 is 0. The van der Waals surface area contributed by atoms with Crippen molar-refractivity contribution in [2.24, 2.45) is 0 Å². The number of benzene rings is 1. The van der Waals surface area contributed by atoms with E-state index < -0.39 is 4.92 Å². The fraction of sp³-hybridized carbons (Fsp3) is 0.182. The molecule has 0 aliphatic rings. The molecule has 0 aromatic heterocycles. The summed E-state index contributed by atoms with van der Waals surface area (Å²) in [7, 11) is 0. The van der Waals surface area contributed by atoms with Gasteiger partial charge in [-0.1, -0.05) is 12.2 Å². The molecule has 0 spiro atoms. The van der Waals surface area contributed by atoms with Crippen LogP contribution >= 0.6 is 0 Å². The third kappa shape index (κ3) is 2.58. The standard InChI is InChI=1S/C11H11N3O2/c1-8-6-10(14(15)16)7-9(11(8)13)4-2-3-5-12/h2,4,6-7H,3,13H2,1H3. The number of nitrogen functional groups attached to an aromatic ring is 1. The molecule has 0 radical (unpaired) electrons. The second-order valence-electron chi connectivity index (χ2n) is 3.29. The Kier molecular flexibility index (Phi) is 3.62. The molecule has 0 amide bonds. The smallest absolute Gasteiger partial charge is 0.270 e. The van der Waals surface area contributed by atoms with E-state index in [-0.39, 0.29) is 12.1 Å². The van der Waals surface area contributed by atoms with Gasteiger partial charge in [-0.3, -0.25) is 10.1 Å². The van der Waals surface area contributed by atoms with E-state index in [9.17, 15) is 10.1 Å². The Morgan fingerprint density at radius 2 is 2.31 bits per heavy atom. The van der Waals surface area contributed by atoms with Gasteiger partial charge in [0.1, 0.15) is 0 Å². The van der Waals surface area contributed by atoms with Gasteiger partial charge >= 0.3 is 0 Å². The van der Waals surface area contributed by atoms with Crippen molar-refractivity contribution in [3.05, 3.63) is 39.4 Å². The summed E-state index contributed by atoms with van der Waals surface area (Å²) in [5.41, 5.74) is 7.51. The third-order valence-electron chi connectivity index (χ3n) is 2.12. The first-order valence-electron chi connectivity index (χ1n) is 4.64. The fourth-order valence-corrected chi connectivity index (χ4v) is 1.29. The lowest BCUT2D eigenvalue weighted by Gasteiger charge is -2.04. The van der Waals surface area contributed by atoms with Crippen LogP contribution in [0.5, 0.6) is 0 Å².